The van der Waals surface area contributed by atoms with Crippen molar-refractivity contribution in [1.29, 1.82) is 0 Å². The van der Waals surface area contributed by atoms with Crippen LogP contribution in [0.5, 0.6) is 0 Å². The molecule has 4 N–H and O–H groups in total. The first kappa shape index (κ1) is 9.63. The smallest absolute Gasteiger partial charge is 0.209 e. The highest BCUT2D eigenvalue weighted by Gasteiger charge is 1.68. The van der Waals surface area contributed by atoms with Gasteiger partial charge in [0.25, 0.3) is 0 Å². The van der Waals surface area contributed by atoms with Crippen LogP contribution in [0, 0.1) is 0 Å². The molecule has 0 radical (unpaired) electrons. The van der Waals surface area contributed by atoms with E-state index in [2.05, 4.69) is 11.7 Å². The topological polar surface area (TPSA) is 72.3 Å². The highest BCUT2D eigenvalue weighted by Crippen LogP contribution is 1.52. The van der Waals surface area contributed by atoms with Crippen LogP contribution in [-0.2, 0) is 4.79 Å². The van der Waals surface area contributed by atoms with Gasteiger partial charge in [-0.2, -0.15) is 0 Å². The van der Waals surface area contributed by atoms with Crippen molar-refractivity contribution in [2.45, 2.75) is 0 Å². The molecule has 1 amide bonds. The van der Waals surface area contributed by atoms with Crippen LogP contribution in [0.4, 0.5) is 0 Å². The van der Waals surface area contributed by atoms with Gasteiger partial charge in [-0.05, 0) is 0 Å². The lowest BCUT2D eigenvalue weighted by Gasteiger charge is -1.93. The molecule has 0 aromatic heterocycles. The van der Waals surface area contributed by atoms with Gasteiger partial charge in [0.2, 0.25) is 6.41 Å². The second kappa shape index (κ2) is 9.04. The lowest BCUT2D eigenvalue weighted by Crippen LogP contribution is -2.06. The Morgan fingerprint density at radius 1 is 1.43 bits per heavy atom. The Bertz CT molecular complexity index is 37.2. The third-order valence-electron chi connectivity index (χ3n) is 0.211. The molecular formula is C3H11N3O. The number of carbonyl (C=O) groups excluding carboxylic acids is 1. The first-order chi connectivity index (χ1) is 3.27. The van der Waals surface area contributed by atoms with Crippen LogP contribution in [0.1, 0.15) is 0 Å². The number of hydrogen-bond acceptors (Lipinski definition) is 3. The first-order valence-corrected chi connectivity index (χ1v) is 1.72. The van der Waals surface area contributed by atoms with Crippen molar-refractivity contribution in [3.8, 4) is 0 Å². The van der Waals surface area contributed by atoms with Crippen molar-refractivity contribution < 1.29 is 4.79 Å². The maximum atomic E-state index is 9.43. The average Bonchev–Trinajstić information content (AvgIpc) is 1.73. The van der Waals surface area contributed by atoms with E-state index in [0.29, 0.717) is 0 Å². The van der Waals surface area contributed by atoms with E-state index in [1.807, 2.05) is 0 Å². The van der Waals surface area contributed by atoms with Gasteiger partial charge in [0.15, 0.2) is 0 Å². The quantitative estimate of drug-likeness (QED) is 0.243. The highest BCUT2D eigenvalue weighted by molar-refractivity contribution is 5.45. The molecule has 0 spiro atoms. The second-order valence-electron chi connectivity index (χ2n) is 1.07. The van der Waals surface area contributed by atoms with Crippen molar-refractivity contribution >= 4 is 6.41 Å². The summed E-state index contributed by atoms with van der Waals surface area (Å²) in [6.45, 7) is 0. The largest absolute Gasteiger partial charge is 0.351 e. The van der Waals surface area contributed by atoms with Crippen LogP contribution in [0.2, 0.25) is 0 Å². The molecule has 7 heavy (non-hydrogen) atoms. The predicted octanol–water partition coefficient (Wildman–Crippen LogP) is -1.48. The summed E-state index contributed by atoms with van der Waals surface area (Å²) in [5.41, 5.74) is 0. The van der Waals surface area contributed by atoms with E-state index in [1.54, 1.807) is 14.1 Å². The molecule has 0 heterocycles. The molecule has 0 saturated carbocycles. The Morgan fingerprint density at radius 2 is 1.57 bits per heavy atom. The fraction of sp³-hybridized carbons (Fsp3) is 0.667. The lowest BCUT2D eigenvalue weighted by atomic mass is 11.0. The van der Waals surface area contributed by atoms with Gasteiger partial charge in [0, 0.05) is 14.1 Å². The zero-order valence-corrected chi connectivity index (χ0v) is 4.59. The minimum absolute atomic E-state index is 0.750. The van der Waals surface area contributed by atoms with Crippen LogP contribution in [0.25, 0.3) is 0 Å². The molecule has 0 aliphatic rings. The van der Waals surface area contributed by atoms with Gasteiger partial charge in [-0.25, -0.2) is 0 Å². The Kier molecular flexibility index (Phi) is 12.4. The van der Waals surface area contributed by atoms with Gasteiger partial charge >= 0.3 is 0 Å². The summed E-state index contributed by atoms with van der Waals surface area (Å²) in [5.74, 6) is 8.00. The van der Waals surface area contributed by atoms with Crippen LogP contribution < -0.4 is 11.7 Å². The molecule has 0 atom stereocenters. The molecule has 0 fully saturated rings. The van der Waals surface area contributed by atoms with Crippen LogP contribution in [-0.4, -0.2) is 25.4 Å². The van der Waals surface area contributed by atoms with Crippen molar-refractivity contribution in [2.75, 3.05) is 14.1 Å². The zero-order chi connectivity index (χ0) is 6.28. The molecule has 0 aromatic carbocycles. The Labute approximate surface area is 43.0 Å². The summed E-state index contributed by atoms with van der Waals surface area (Å²) in [5, 5.41) is 0. The summed E-state index contributed by atoms with van der Waals surface area (Å²) in [4.78, 5) is 10.9. The molecule has 4 heteroatoms. The number of amides is 1. The van der Waals surface area contributed by atoms with E-state index in [1.165, 1.54) is 4.90 Å². The maximum absolute atomic E-state index is 9.43. The Balaban J connectivity index is 0. The van der Waals surface area contributed by atoms with E-state index >= 15 is 0 Å². The number of carbonyl (C=O) groups is 1. The van der Waals surface area contributed by atoms with E-state index in [0.717, 1.165) is 6.41 Å². The van der Waals surface area contributed by atoms with E-state index < -0.39 is 0 Å². The molecule has 0 rings (SSSR count). The lowest BCUT2D eigenvalue weighted by molar-refractivity contribution is -0.115. The minimum Gasteiger partial charge on any atom is -0.351 e. The number of rotatable bonds is 1. The summed E-state index contributed by atoms with van der Waals surface area (Å²) >= 11 is 0. The third-order valence-corrected chi connectivity index (χ3v) is 0.211. The van der Waals surface area contributed by atoms with Crippen LogP contribution >= 0.6 is 0 Å². The molecule has 44 valence electrons. The fourth-order valence-electron chi connectivity index (χ4n) is 0. The third kappa shape index (κ3) is 32.1. The van der Waals surface area contributed by atoms with Crippen LogP contribution in [0.3, 0.4) is 0 Å². The molecule has 0 saturated heterocycles. The maximum Gasteiger partial charge on any atom is 0.209 e. The monoisotopic (exact) mass is 105 g/mol. The van der Waals surface area contributed by atoms with Crippen molar-refractivity contribution in [3.63, 3.8) is 0 Å². The van der Waals surface area contributed by atoms with Crippen LogP contribution in [0.15, 0.2) is 0 Å². The summed E-state index contributed by atoms with van der Waals surface area (Å²) in [7, 11) is 3.38. The van der Waals surface area contributed by atoms with E-state index in [4.69, 9.17) is 0 Å². The predicted molar refractivity (Wildman–Crippen MR) is 28.1 cm³/mol. The van der Waals surface area contributed by atoms with Gasteiger partial charge in [0.05, 0.1) is 0 Å². The molecule has 0 aliphatic heterocycles. The van der Waals surface area contributed by atoms with Crippen molar-refractivity contribution in [3.05, 3.63) is 0 Å². The summed E-state index contributed by atoms with van der Waals surface area (Å²) < 4.78 is 0. The fourth-order valence-corrected chi connectivity index (χ4v) is 0. The van der Waals surface area contributed by atoms with Crippen molar-refractivity contribution in [2.24, 2.45) is 11.7 Å². The molecule has 0 aromatic rings. The molecule has 0 unspecified atom stereocenters. The molecule has 0 bridgehead atoms. The van der Waals surface area contributed by atoms with E-state index in [-0.39, 0.29) is 0 Å². The zero-order valence-electron chi connectivity index (χ0n) is 4.59. The standard InChI is InChI=1S/C3H7NO.H4N2/c1-4(2)3-5;1-2/h3H,1-2H3;1-2H2. The summed E-state index contributed by atoms with van der Waals surface area (Å²) in [6, 6.07) is 0. The van der Waals surface area contributed by atoms with Gasteiger partial charge in [-0.3, -0.25) is 16.5 Å². The first-order valence-electron chi connectivity index (χ1n) is 1.72. The second-order valence-corrected chi connectivity index (χ2v) is 1.07. The van der Waals surface area contributed by atoms with E-state index in [9.17, 15) is 4.79 Å². The SMILES string of the molecule is CN(C)C=O.NN. The highest BCUT2D eigenvalue weighted by atomic mass is 16.1. The number of hydrogen-bond donors (Lipinski definition) is 2. The van der Waals surface area contributed by atoms with Gasteiger partial charge in [-0.1, -0.05) is 0 Å². The Hall–Kier alpha value is -0.610. The normalized spacial score (nSPS) is 5.71. The van der Waals surface area contributed by atoms with Gasteiger partial charge in [-0.15, -0.1) is 0 Å². The molecule has 0 aliphatic carbocycles. The summed E-state index contributed by atoms with van der Waals surface area (Å²) in [6.07, 6.45) is 0.750. The minimum atomic E-state index is 0.750. The number of nitrogens with two attached hydrogens (primary N) is 2. The average molecular weight is 105 g/mol. The number of hydrazine groups is 1. The van der Waals surface area contributed by atoms with Crippen molar-refractivity contribution in [1.82, 2.24) is 4.90 Å². The van der Waals surface area contributed by atoms with Gasteiger partial charge < -0.3 is 4.90 Å². The number of nitrogens with zero attached hydrogens (tertiary/aromatic N) is 1. The molecule has 4 nitrogen and oxygen atoms in total. The van der Waals surface area contributed by atoms with Gasteiger partial charge in [0.1, 0.15) is 0 Å². The molecular weight excluding hydrogens is 94.1 g/mol. The Morgan fingerprint density at radius 3 is 1.57 bits per heavy atom.